The van der Waals surface area contributed by atoms with Crippen LogP contribution in [0.2, 0.25) is 5.15 Å². The molecular weight excluding hydrogens is 266 g/mol. The summed E-state index contributed by atoms with van der Waals surface area (Å²) in [6.45, 7) is 6.50. The van der Waals surface area contributed by atoms with Gasteiger partial charge >= 0.3 is 0 Å². The molecule has 0 amide bonds. The maximum Gasteiger partial charge on any atom is 0.290 e. The van der Waals surface area contributed by atoms with E-state index >= 15 is 0 Å². The summed E-state index contributed by atoms with van der Waals surface area (Å²) in [5.74, 6) is 0.546. The number of hydrogen-bond donors (Lipinski definition) is 1. The Morgan fingerprint density at radius 3 is 2.84 bits per heavy atom. The lowest BCUT2D eigenvalue weighted by Crippen LogP contribution is -2.17. The van der Waals surface area contributed by atoms with E-state index in [1.807, 2.05) is 10.7 Å². The van der Waals surface area contributed by atoms with Crippen LogP contribution in [0.5, 0.6) is 0 Å². The van der Waals surface area contributed by atoms with Crippen molar-refractivity contribution in [1.82, 2.24) is 14.6 Å². The van der Waals surface area contributed by atoms with Crippen molar-refractivity contribution in [3.63, 3.8) is 0 Å². The van der Waals surface area contributed by atoms with Gasteiger partial charge in [-0.25, -0.2) is 9.50 Å². The predicted molar refractivity (Wildman–Crippen MR) is 72.7 cm³/mol. The Kier molecular flexibility index (Phi) is 3.49. The summed E-state index contributed by atoms with van der Waals surface area (Å²) in [4.78, 5) is 12.8. The highest BCUT2D eigenvalue weighted by Crippen LogP contribution is 2.45. The van der Waals surface area contributed by atoms with E-state index in [-0.39, 0.29) is 11.9 Å². The van der Waals surface area contributed by atoms with E-state index in [1.165, 1.54) is 11.3 Å². The molecule has 3 rings (SSSR count). The summed E-state index contributed by atoms with van der Waals surface area (Å²) in [6, 6.07) is 1.81. The molecule has 1 N–H and O–H groups in total. The van der Waals surface area contributed by atoms with Crippen molar-refractivity contribution < 1.29 is 9.90 Å². The Balaban J connectivity index is 0.000000408. The predicted octanol–water partition coefficient (Wildman–Crippen LogP) is 2.87. The minimum absolute atomic E-state index is 0.144. The number of carbonyl (C=O) groups is 1. The Labute approximate surface area is 116 Å². The Bertz CT molecular complexity index is 622. The summed E-state index contributed by atoms with van der Waals surface area (Å²) in [5, 5.41) is 11.7. The van der Waals surface area contributed by atoms with Gasteiger partial charge in [-0.1, -0.05) is 32.4 Å². The molecule has 0 saturated carbocycles. The second-order valence-corrected chi connectivity index (χ2v) is 5.78. The molecule has 0 spiro atoms. The van der Waals surface area contributed by atoms with Gasteiger partial charge in [-0.3, -0.25) is 4.79 Å². The molecular formula is C13H16ClN3O2. The molecule has 2 heterocycles. The van der Waals surface area contributed by atoms with Crippen molar-refractivity contribution in [2.75, 3.05) is 0 Å². The highest BCUT2D eigenvalue weighted by Gasteiger charge is 2.37. The van der Waals surface area contributed by atoms with Gasteiger partial charge in [-0.2, -0.15) is 5.10 Å². The molecule has 0 bridgehead atoms. The molecule has 0 aliphatic heterocycles. The maximum atomic E-state index is 8.36. The van der Waals surface area contributed by atoms with E-state index in [4.69, 9.17) is 21.5 Å². The summed E-state index contributed by atoms with van der Waals surface area (Å²) in [5.41, 5.74) is 3.55. The van der Waals surface area contributed by atoms with Crippen molar-refractivity contribution in [2.24, 2.45) is 0 Å². The SMILES string of the molecule is CC1CC(C)(C)c2c1cnc1cc(Cl)nn21.O=CO. The molecule has 0 saturated heterocycles. The Morgan fingerprint density at radius 1 is 1.58 bits per heavy atom. The number of hydrogen-bond acceptors (Lipinski definition) is 3. The van der Waals surface area contributed by atoms with Crippen LogP contribution in [0.3, 0.4) is 0 Å². The van der Waals surface area contributed by atoms with Crippen molar-refractivity contribution in [2.45, 2.75) is 38.5 Å². The average molecular weight is 282 g/mol. The number of nitrogens with zero attached hydrogens (tertiary/aromatic N) is 3. The largest absolute Gasteiger partial charge is 0.483 e. The van der Waals surface area contributed by atoms with Crippen LogP contribution in [0.25, 0.3) is 5.65 Å². The van der Waals surface area contributed by atoms with E-state index in [2.05, 4.69) is 30.9 Å². The molecule has 6 heteroatoms. The molecule has 1 aliphatic rings. The van der Waals surface area contributed by atoms with Gasteiger partial charge in [0, 0.05) is 17.7 Å². The standard InChI is InChI=1S/C12H14ClN3.CH2O2/c1-7-5-12(2,3)11-8(7)6-14-10-4-9(13)15-16(10)11;2-1-3/h4,6-7H,5H2,1-3H3;1H,(H,2,3). The van der Waals surface area contributed by atoms with Gasteiger partial charge in [0.25, 0.3) is 6.47 Å². The van der Waals surface area contributed by atoms with Crippen molar-refractivity contribution >= 4 is 23.7 Å². The smallest absolute Gasteiger partial charge is 0.290 e. The number of aromatic nitrogens is 3. The van der Waals surface area contributed by atoms with Gasteiger partial charge in [0.2, 0.25) is 0 Å². The zero-order chi connectivity index (χ0) is 14.2. The van der Waals surface area contributed by atoms with Crippen molar-refractivity contribution in [3.05, 3.63) is 28.7 Å². The van der Waals surface area contributed by atoms with Crippen LogP contribution in [0, 0.1) is 0 Å². The van der Waals surface area contributed by atoms with Crippen LogP contribution in [0.4, 0.5) is 0 Å². The highest BCUT2D eigenvalue weighted by atomic mass is 35.5. The first-order valence-electron chi connectivity index (χ1n) is 6.03. The minimum Gasteiger partial charge on any atom is -0.483 e. The molecule has 19 heavy (non-hydrogen) atoms. The van der Waals surface area contributed by atoms with Crippen LogP contribution in [-0.2, 0) is 10.2 Å². The molecule has 0 fully saturated rings. The first-order valence-corrected chi connectivity index (χ1v) is 6.41. The summed E-state index contributed by atoms with van der Waals surface area (Å²) in [6.07, 6.45) is 3.11. The van der Waals surface area contributed by atoms with Crippen LogP contribution in [-0.4, -0.2) is 26.2 Å². The van der Waals surface area contributed by atoms with Gasteiger partial charge in [-0.05, 0) is 17.9 Å². The molecule has 0 radical (unpaired) electrons. The van der Waals surface area contributed by atoms with E-state index in [9.17, 15) is 0 Å². The lowest BCUT2D eigenvalue weighted by atomic mass is 9.89. The lowest BCUT2D eigenvalue weighted by molar-refractivity contribution is -0.122. The number of rotatable bonds is 0. The molecule has 1 unspecified atom stereocenters. The van der Waals surface area contributed by atoms with Gasteiger partial charge in [0.05, 0.1) is 5.69 Å². The monoisotopic (exact) mass is 281 g/mol. The zero-order valence-corrected chi connectivity index (χ0v) is 11.8. The van der Waals surface area contributed by atoms with Gasteiger partial charge in [0.15, 0.2) is 10.8 Å². The van der Waals surface area contributed by atoms with E-state index in [0.29, 0.717) is 11.1 Å². The quantitative estimate of drug-likeness (QED) is 0.754. The topological polar surface area (TPSA) is 67.5 Å². The fourth-order valence-electron chi connectivity index (χ4n) is 2.93. The molecule has 2 aromatic rings. The van der Waals surface area contributed by atoms with Crippen molar-refractivity contribution in [1.29, 1.82) is 0 Å². The maximum absolute atomic E-state index is 8.36. The number of carboxylic acid groups (broad SMARTS) is 1. The van der Waals surface area contributed by atoms with E-state index < -0.39 is 0 Å². The molecule has 0 aromatic carbocycles. The lowest BCUT2D eigenvalue weighted by Gasteiger charge is -2.19. The first kappa shape index (κ1) is 13.8. The summed E-state index contributed by atoms with van der Waals surface area (Å²) >= 11 is 5.94. The summed E-state index contributed by atoms with van der Waals surface area (Å²) in [7, 11) is 0. The molecule has 1 aliphatic carbocycles. The average Bonchev–Trinajstić information content (AvgIpc) is 2.77. The van der Waals surface area contributed by atoms with Crippen LogP contribution >= 0.6 is 11.6 Å². The Hall–Kier alpha value is -1.62. The fourth-order valence-corrected chi connectivity index (χ4v) is 3.10. The minimum atomic E-state index is -0.250. The van der Waals surface area contributed by atoms with Gasteiger partial charge in [0.1, 0.15) is 0 Å². The number of fused-ring (bicyclic) bond motifs is 3. The van der Waals surface area contributed by atoms with Gasteiger partial charge in [-0.15, -0.1) is 0 Å². The van der Waals surface area contributed by atoms with Crippen LogP contribution < -0.4 is 0 Å². The second kappa shape index (κ2) is 4.81. The van der Waals surface area contributed by atoms with Crippen molar-refractivity contribution in [3.8, 4) is 0 Å². The van der Waals surface area contributed by atoms with Crippen LogP contribution in [0.15, 0.2) is 12.3 Å². The molecule has 2 aromatic heterocycles. The molecule has 5 nitrogen and oxygen atoms in total. The second-order valence-electron chi connectivity index (χ2n) is 5.39. The van der Waals surface area contributed by atoms with Crippen LogP contribution in [0.1, 0.15) is 44.4 Å². The summed E-state index contributed by atoms with van der Waals surface area (Å²) < 4.78 is 1.90. The van der Waals surface area contributed by atoms with E-state index in [0.717, 1.165) is 12.1 Å². The van der Waals surface area contributed by atoms with Gasteiger partial charge < -0.3 is 5.11 Å². The highest BCUT2D eigenvalue weighted by molar-refractivity contribution is 6.29. The third-order valence-electron chi connectivity index (χ3n) is 3.47. The van der Waals surface area contributed by atoms with E-state index in [1.54, 1.807) is 6.07 Å². The Morgan fingerprint density at radius 2 is 2.21 bits per heavy atom. The number of halogens is 1. The molecule has 102 valence electrons. The molecule has 1 atom stereocenters. The zero-order valence-electron chi connectivity index (χ0n) is 11.1. The third-order valence-corrected chi connectivity index (χ3v) is 3.66. The fraction of sp³-hybridized carbons (Fsp3) is 0.462. The first-order chi connectivity index (χ1) is 8.90. The third kappa shape index (κ3) is 2.30. The normalized spacial score (nSPS) is 19.7.